The van der Waals surface area contributed by atoms with E-state index in [1.165, 1.54) is 19.4 Å². The van der Waals surface area contributed by atoms with Crippen molar-refractivity contribution in [1.29, 1.82) is 0 Å². The van der Waals surface area contributed by atoms with Gasteiger partial charge in [-0.25, -0.2) is 9.59 Å². The number of aliphatic hydroxyl groups is 2. The Labute approximate surface area is 130 Å². The molecule has 1 saturated heterocycles. The van der Waals surface area contributed by atoms with Crippen molar-refractivity contribution < 1.29 is 29.7 Å². The monoisotopic (exact) mass is 327 g/mol. The zero-order chi connectivity index (χ0) is 17.0. The molecule has 10 heteroatoms. The summed E-state index contributed by atoms with van der Waals surface area (Å²) in [4.78, 5) is 26.8. The third kappa shape index (κ3) is 3.74. The smallest absolute Gasteiger partial charge is 0.351 e. The highest BCUT2D eigenvalue weighted by Crippen LogP contribution is 2.28. The van der Waals surface area contributed by atoms with Gasteiger partial charge in [-0.15, -0.1) is 0 Å². The van der Waals surface area contributed by atoms with E-state index in [0.29, 0.717) is 0 Å². The van der Waals surface area contributed by atoms with Gasteiger partial charge in [-0.05, 0) is 6.08 Å². The van der Waals surface area contributed by atoms with E-state index in [9.17, 15) is 14.7 Å². The van der Waals surface area contributed by atoms with Crippen LogP contribution in [0.5, 0.6) is 0 Å². The highest BCUT2D eigenvalue weighted by Gasteiger charge is 2.35. The molecule has 1 aromatic rings. The minimum atomic E-state index is -0.915. The topological polar surface area (TPSA) is 143 Å². The first kappa shape index (κ1) is 17.1. The Morgan fingerprint density at radius 3 is 2.96 bits per heavy atom. The maximum Gasteiger partial charge on any atom is 0.351 e. The molecular weight excluding hydrogens is 310 g/mol. The number of anilines is 1. The molecule has 4 N–H and O–H groups in total. The number of methoxy groups -OCH3 is 1. The third-order valence-electron chi connectivity index (χ3n) is 3.38. The number of hydrogen-bond acceptors (Lipinski definition) is 9. The Kier molecular flexibility index (Phi) is 5.45. The molecule has 2 heterocycles. The Morgan fingerprint density at radius 1 is 1.65 bits per heavy atom. The number of rotatable bonds is 5. The third-order valence-corrected chi connectivity index (χ3v) is 3.38. The fraction of sp³-hybridized carbons (Fsp3) is 0.462. The molecule has 0 aliphatic carbocycles. The Morgan fingerprint density at radius 2 is 2.39 bits per heavy atom. The first-order valence-corrected chi connectivity index (χ1v) is 6.73. The van der Waals surface area contributed by atoms with Gasteiger partial charge in [0.1, 0.15) is 12.3 Å². The van der Waals surface area contributed by atoms with E-state index in [1.807, 2.05) is 0 Å². The number of ether oxygens (including phenoxy) is 2. The van der Waals surface area contributed by atoms with Crippen LogP contribution >= 0.6 is 0 Å². The lowest BCUT2D eigenvalue weighted by Gasteiger charge is -2.15. The minimum Gasteiger partial charge on any atom is -0.466 e. The minimum absolute atomic E-state index is 0.0961. The lowest BCUT2D eigenvalue weighted by atomic mass is 10.2. The van der Waals surface area contributed by atoms with Gasteiger partial charge in [0, 0.05) is 24.3 Å². The van der Waals surface area contributed by atoms with Crippen molar-refractivity contribution in [3.63, 3.8) is 0 Å². The fourth-order valence-electron chi connectivity index (χ4n) is 2.18. The second-order valence-electron chi connectivity index (χ2n) is 4.82. The largest absolute Gasteiger partial charge is 0.466 e. The Hall–Kier alpha value is -2.27. The second-order valence-corrected chi connectivity index (χ2v) is 4.82. The Balaban J connectivity index is 2.36. The predicted molar refractivity (Wildman–Crippen MR) is 76.6 cm³/mol. The van der Waals surface area contributed by atoms with Crippen LogP contribution in [0.2, 0.25) is 0 Å². The van der Waals surface area contributed by atoms with Crippen LogP contribution in [0, 0.1) is 0 Å². The lowest BCUT2D eigenvalue weighted by molar-refractivity contribution is -0.134. The van der Waals surface area contributed by atoms with Gasteiger partial charge >= 0.3 is 11.7 Å². The molecule has 0 amide bonds. The molecule has 0 unspecified atom stereocenters. The fourth-order valence-corrected chi connectivity index (χ4v) is 2.18. The zero-order valence-electron chi connectivity index (χ0n) is 12.2. The van der Waals surface area contributed by atoms with Gasteiger partial charge in [0.25, 0.3) is 0 Å². The number of aliphatic hydroxyl groups excluding tert-OH is 2. The van der Waals surface area contributed by atoms with E-state index >= 15 is 0 Å². The molecule has 10 nitrogen and oxygen atoms in total. The van der Waals surface area contributed by atoms with Crippen LogP contribution in [-0.2, 0) is 14.3 Å². The quantitative estimate of drug-likeness (QED) is 0.300. The van der Waals surface area contributed by atoms with E-state index in [0.717, 1.165) is 10.6 Å². The molecule has 23 heavy (non-hydrogen) atoms. The van der Waals surface area contributed by atoms with Crippen molar-refractivity contribution in [2.24, 2.45) is 0 Å². The van der Waals surface area contributed by atoms with Crippen molar-refractivity contribution in [2.75, 3.05) is 19.2 Å². The number of carbonyl (C=O) groups excluding carboxylic acids is 1. The van der Waals surface area contributed by atoms with E-state index < -0.39 is 30.1 Å². The van der Waals surface area contributed by atoms with Crippen LogP contribution in [0.25, 0.3) is 6.08 Å². The lowest BCUT2D eigenvalue weighted by Crippen LogP contribution is -2.28. The molecule has 126 valence electrons. The Bertz CT molecular complexity index is 657. The van der Waals surface area contributed by atoms with E-state index in [1.54, 1.807) is 5.48 Å². The van der Waals surface area contributed by atoms with E-state index in [2.05, 4.69) is 9.72 Å². The molecular formula is C13H17N3O7. The second kappa shape index (κ2) is 7.33. The summed E-state index contributed by atoms with van der Waals surface area (Å²) in [6.45, 7) is -0.384. The molecule has 0 aromatic carbocycles. The first-order valence-electron chi connectivity index (χ1n) is 6.73. The predicted octanol–water partition coefficient (Wildman–Crippen LogP) is -1.13. The van der Waals surface area contributed by atoms with Crippen LogP contribution in [-0.4, -0.2) is 56.9 Å². The summed E-state index contributed by atoms with van der Waals surface area (Å²) < 4.78 is 11.0. The highest BCUT2D eigenvalue weighted by molar-refractivity contribution is 5.87. The van der Waals surface area contributed by atoms with Gasteiger partial charge in [0.2, 0.25) is 0 Å². The maximum absolute atomic E-state index is 12.0. The average molecular weight is 327 g/mol. The molecule has 1 aliphatic heterocycles. The van der Waals surface area contributed by atoms with E-state index in [4.69, 9.17) is 15.1 Å². The summed E-state index contributed by atoms with van der Waals surface area (Å²) in [6, 6.07) is 0. The molecule has 1 aromatic heterocycles. The van der Waals surface area contributed by atoms with Crippen molar-refractivity contribution >= 4 is 17.9 Å². The first-order chi connectivity index (χ1) is 11.0. The summed E-state index contributed by atoms with van der Waals surface area (Å²) in [5.41, 5.74) is 1.26. The van der Waals surface area contributed by atoms with Gasteiger partial charge in [0.05, 0.1) is 19.8 Å². The SMILES string of the molecule is COC(=O)/C=C/c1cn([C@H]2C[C@H](O)[C@@H](CO)O2)c(=O)nc1NO. The zero-order valence-corrected chi connectivity index (χ0v) is 12.2. The number of nitrogens with zero attached hydrogens (tertiary/aromatic N) is 2. The molecule has 2 rings (SSSR count). The molecule has 0 radical (unpaired) electrons. The van der Waals surface area contributed by atoms with Crippen molar-refractivity contribution in [3.8, 4) is 0 Å². The van der Waals surface area contributed by atoms with Crippen LogP contribution in [0.15, 0.2) is 17.1 Å². The average Bonchev–Trinajstić information content (AvgIpc) is 2.93. The molecule has 0 saturated carbocycles. The molecule has 1 fully saturated rings. The number of hydrogen-bond donors (Lipinski definition) is 4. The van der Waals surface area contributed by atoms with Gasteiger partial charge < -0.3 is 19.7 Å². The number of carbonyl (C=O) groups is 1. The van der Waals surface area contributed by atoms with Gasteiger partial charge in [0.15, 0.2) is 5.82 Å². The van der Waals surface area contributed by atoms with E-state index in [-0.39, 0.29) is 24.4 Å². The maximum atomic E-state index is 12.0. The van der Waals surface area contributed by atoms with Crippen molar-refractivity contribution in [1.82, 2.24) is 9.55 Å². The number of nitrogens with one attached hydrogen (secondary N) is 1. The summed E-state index contributed by atoms with van der Waals surface area (Å²) in [6.07, 6.45) is 1.26. The normalized spacial score (nSPS) is 24.1. The van der Waals surface area contributed by atoms with Crippen LogP contribution in [0.1, 0.15) is 18.2 Å². The highest BCUT2D eigenvalue weighted by atomic mass is 16.5. The summed E-state index contributed by atoms with van der Waals surface area (Å²) >= 11 is 0. The summed E-state index contributed by atoms with van der Waals surface area (Å²) in [5, 5.41) is 27.9. The van der Waals surface area contributed by atoms with Gasteiger partial charge in [-0.2, -0.15) is 4.98 Å². The number of esters is 1. The van der Waals surface area contributed by atoms with Gasteiger partial charge in [-0.3, -0.25) is 15.3 Å². The van der Waals surface area contributed by atoms with Gasteiger partial charge in [-0.1, -0.05) is 0 Å². The number of aromatic nitrogens is 2. The van der Waals surface area contributed by atoms with Crippen LogP contribution < -0.4 is 11.2 Å². The molecule has 1 aliphatic rings. The molecule has 3 atom stereocenters. The standard InChI is InChI=1S/C13H17N3O7/c1-22-11(19)3-2-7-5-16(13(20)14-12(7)15-21)10-4-8(18)9(6-17)23-10/h2-3,5,8-10,17-18,21H,4,6H2,1H3,(H,14,15,20)/b3-2+/t8-,9+,10+/m0/s1. The summed E-state index contributed by atoms with van der Waals surface area (Å²) in [5.74, 6) is -0.775. The molecule has 0 spiro atoms. The van der Waals surface area contributed by atoms with Crippen LogP contribution in [0.4, 0.5) is 5.82 Å². The van der Waals surface area contributed by atoms with Crippen LogP contribution in [0.3, 0.4) is 0 Å². The molecule has 0 bridgehead atoms. The summed E-state index contributed by atoms with van der Waals surface area (Å²) in [7, 11) is 1.21. The van der Waals surface area contributed by atoms with Crippen molar-refractivity contribution in [3.05, 3.63) is 28.3 Å². The van der Waals surface area contributed by atoms with Crippen molar-refractivity contribution in [2.45, 2.75) is 24.9 Å².